The summed E-state index contributed by atoms with van der Waals surface area (Å²) >= 11 is 6.05. The number of carbonyl (C=O) groups excluding carboxylic acids is 1. The van der Waals surface area contributed by atoms with Crippen molar-refractivity contribution >= 4 is 29.0 Å². The van der Waals surface area contributed by atoms with Gasteiger partial charge in [-0.05, 0) is 30.3 Å². The third-order valence-electron chi connectivity index (χ3n) is 2.97. The maximum atomic E-state index is 12.5. The maximum Gasteiger partial charge on any atom is 0.278 e. The van der Waals surface area contributed by atoms with E-state index in [0.29, 0.717) is 17.1 Å². The maximum absolute atomic E-state index is 12.5. The van der Waals surface area contributed by atoms with Gasteiger partial charge >= 0.3 is 0 Å². The van der Waals surface area contributed by atoms with E-state index < -0.39 is 0 Å². The molecule has 1 aromatic heterocycles. The lowest BCUT2D eigenvalue weighted by molar-refractivity contribution is 0.0988. The first kappa shape index (κ1) is 14.8. The molecular weight excluding hydrogens is 288 g/mol. The number of pyridine rings is 1. The summed E-state index contributed by atoms with van der Waals surface area (Å²) in [5.41, 5.74) is 1.25. The van der Waals surface area contributed by atoms with Crippen LogP contribution in [0, 0.1) is 11.3 Å². The first-order valence-corrected chi connectivity index (χ1v) is 6.57. The van der Waals surface area contributed by atoms with Crippen LogP contribution in [-0.2, 0) is 0 Å². The molecule has 0 saturated heterocycles. The topological polar surface area (TPSA) is 69.0 Å². The number of carbonyl (C=O) groups is 1. The Morgan fingerprint density at radius 3 is 2.81 bits per heavy atom. The molecule has 1 amide bonds. The molecule has 5 nitrogen and oxygen atoms in total. The second kappa shape index (κ2) is 6.25. The molecule has 1 heterocycles. The fraction of sp³-hybridized carbons (Fsp3) is 0.133. The summed E-state index contributed by atoms with van der Waals surface area (Å²) in [6, 6.07) is 12.1. The van der Waals surface area contributed by atoms with Crippen LogP contribution in [0.15, 0.2) is 36.4 Å². The van der Waals surface area contributed by atoms with Crippen molar-refractivity contribution in [2.24, 2.45) is 0 Å². The standard InChI is InChI=1S/C15H13ClN4O/c1-18-13-7-6-12(16)14(19-13)15(21)20(2)11-5-3-4-10(8-11)9-17/h3-8H,1-2H3,(H,18,19). The van der Waals surface area contributed by atoms with Crippen molar-refractivity contribution in [3.05, 3.63) is 52.7 Å². The van der Waals surface area contributed by atoms with Crippen LogP contribution < -0.4 is 10.2 Å². The van der Waals surface area contributed by atoms with Crippen molar-refractivity contribution in [3.63, 3.8) is 0 Å². The summed E-state index contributed by atoms with van der Waals surface area (Å²) in [7, 11) is 3.33. The van der Waals surface area contributed by atoms with E-state index in [4.69, 9.17) is 16.9 Å². The largest absolute Gasteiger partial charge is 0.373 e. The van der Waals surface area contributed by atoms with E-state index in [-0.39, 0.29) is 16.6 Å². The lowest BCUT2D eigenvalue weighted by Gasteiger charge is -2.18. The van der Waals surface area contributed by atoms with E-state index >= 15 is 0 Å². The number of nitrogens with zero attached hydrogens (tertiary/aromatic N) is 3. The van der Waals surface area contributed by atoms with E-state index in [1.54, 1.807) is 50.5 Å². The van der Waals surface area contributed by atoms with Gasteiger partial charge in [-0.15, -0.1) is 0 Å². The Balaban J connectivity index is 2.37. The van der Waals surface area contributed by atoms with Crippen molar-refractivity contribution in [2.75, 3.05) is 24.3 Å². The number of halogens is 1. The number of rotatable bonds is 3. The minimum Gasteiger partial charge on any atom is -0.373 e. The van der Waals surface area contributed by atoms with Crippen molar-refractivity contribution in [1.82, 2.24) is 4.98 Å². The molecule has 106 valence electrons. The predicted octanol–water partition coefficient (Wildman–Crippen LogP) is 2.92. The highest BCUT2D eigenvalue weighted by molar-refractivity contribution is 6.34. The summed E-state index contributed by atoms with van der Waals surface area (Å²) in [4.78, 5) is 18.1. The number of hydrogen-bond acceptors (Lipinski definition) is 4. The van der Waals surface area contributed by atoms with E-state index in [1.807, 2.05) is 6.07 Å². The number of hydrogen-bond donors (Lipinski definition) is 1. The van der Waals surface area contributed by atoms with Crippen LogP contribution in [-0.4, -0.2) is 25.0 Å². The van der Waals surface area contributed by atoms with Crippen molar-refractivity contribution < 1.29 is 4.79 Å². The Hall–Kier alpha value is -2.58. The van der Waals surface area contributed by atoms with Crippen molar-refractivity contribution in [2.45, 2.75) is 0 Å². The zero-order valence-electron chi connectivity index (χ0n) is 11.6. The average Bonchev–Trinajstić information content (AvgIpc) is 2.54. The van der Waals surface area contributed by atoms with Gasteiger partial charge in [0.25, 0.3) is 5.91 Å². The van der Waals surface area contributed by atoms with Gasteiger partial charge in [-0.1, -0.05) is 17.7 Å². The van der Waals surface area contributed by atoms with Crippen molar-refractivity contribution in [1.29, 1.82) is 5.26 Å². The Labute approximate surface area is 127 Å². The Morgan fingerprint density at radius 1 is 1.38 bits per heavy atom. The fourth-order valence-corrected chi connectivity index (χ4v) is 1.98. The molecule has 6 heteroatoms. The Bertz CT molecular complexity index is 724. The lowest BCUT2D eigenvalue weighted by atomic mass is 10.2. The number of nitriles is 1. The molecule has 2 aromatic rings. The van der Waals surface area contributed by atoms with Crippen LogP contribution in [0.1, 0.15) is 16.1 Å². The molecule has 1 aromatic carbocycles. The summed E-state index contributed by atoms with van der Waals surface area (Å²) < 4.78 is 0. The molecule has 0 fully saturated rings. The molecular formula is C15H13ClN4O. The first-order chi connectivity index (χ1) is 10.1. The van der Waals surface area contributed by atoms with Gasteiger partial charge in [0.05, 0.1) is 16.7 Å². The number of benzene rings is 1. The number of amides is 1. The number of nitrogens with one attached hydrogen (secondary N) is 1. The first-order valence-electron chi connectivity index (χ1n) is 6.19. The zero-order valence-corrected chi connectivity index (χ0v) is 12.3. The molecule has 0 unspecified atom stereocenters. The molecule has 0 radical (unpaired) electrons. The monoisotopic (exact) mass is 300 g/mol. The van der Waals surface area contributed by atoms with Gasteiger partial charge in [-0.3, -0.25) is 4.79 Å². The third kappa shape index (κ3) is 3.12. The fourth-order valence-electron chi connectivity index (χ4n) is 1.79. The molecule has 0 aliphatic carbocycles. The van der Waals surface area contributed by atoms with E-state index in [9.17, 15) is 4.79 Å². The Morgan fingerprint density at radius 2 is 2.14 bits per heavy atom. The second-order valence-corrected chi connectivity index (χ2v) is 4.71. The molecule has 21 heavy (non-hydrogen) atoms. The highest BCUT2D eigenvalue weighted by Crippen LogP contribution is 2.21. The number of aromatic nitrogens is 1. The number of anilines is 2. The Kier molecular flexibility index (Phi) is 4.41. The predicted molar refractivity (Wildman–Crippen MR) is 82.7 cm³/mol. The second-order valence-electron chi connectivity index (χ2n) is 4.30. The van der Waals surface area contributed by atoms with Gasteiger partial charge in [0.1, 0.15) is 11.5 Å². The van der Waals surface area contributed by atoms with Crippen LogP contribution >= 0.6 is 11.6 Å². The van der Waals surface area contributed by atoms with Crippen molar-refractivity contribution in [3.8, 4) is 6.07 Å². The summed E-state index contributed by atoms with van der Waals surface area (Å²) in [5.74, 6) is 0.217. The smallest absolute Gasteiger partial charge is 0.278 e. The van der Waals surface area contributed by atoms with Gasteiger partial charge in [-0.2, -0.15) is 5.26 Å². The highest BCUT2D eigenvalue weighted by atomic mass is 35.5. The van der Waals surface area contributed by atoms with E-state index in [0.717, 1.165) is 0 Å². The third-order valence-corrected chi connectivity index (χ3v) is 3.28. The molecule has 2 rings (SSSR count). The van der Waals surface area contributed by atoms with Gasteiger partial charge in [-0.25, -0.2) is 4.98 Å². The van der Waals surface area contributed by atoms with Crippen LogP contribution in [0.4, 0.5) is 11.5 Å². The van der Waals surface area contributed by atoms with E-state index in [2.05, 4.69) is 10.3 Å². The summed E-state index contributed by atoms with van der Waals surface area (Å²) in [6.07, 6.45) is 0. The van der Waals surface area contributed by atoms with Crippen LogP contribution in [0.25, 0.3) is 0 Å². The van der Waals surface area contributed by atoms with Crippen LogP contribution in [0.2, 0.25) is 5.02 Å². The van der Waals surface area contributed by atoms with Gasteiger partial charge < -0.3 is 10.2 Å². The molecule has 0 bridgehead atoms. The minimum atomic E-state index is -0.341. The molecule has 0 spiro atoms. The van der Waals surface area contributed by atoms with Gasteiger partial charge in [0, 0.05) is 19.8 Å². The van der Waals surface area contributed by atoms with Gasteiger partial charge in [0.2, 0.25) is 0 Å². The molecule has 0 atom stereocenters. The highest BCUT2D eigenvalue weighted by Gasteiger charge is 2.19. The lowest BCUT2D eigenvalue weighted by Crippen LogP contribution is -2.27. The zero-order chi connectivity index (χ0) is 15.4. The van der Waals surface area contributed by atoms with Crippen LogP contribution in [0.3, 0.4) is 0 Å². The molecule has 1 N–H and O–H groups in total. The molecule has 0 aliphatic heterocycles. The summed E-state index contributed by atoms with van der Waals surface area (Å²) in [6.45, 7) is 0. The molecule has 0 aliphatic rings. The minimum absolute atomic E-state index is 0.161. The van der Waals surface area contributed by atoms with Crippen LogP contribution in [0.5, 0.6) is 0 Å². The molecule has 0 saturated carbocycles. The average molecular weight is 301 g/mol. The normalized spacial score (nSPS) is 9.81. The van der Waals surface area contributed by atoms with E-state index in [1.165, 1.54) is 4.90 Å². The van der Waals surface area contributed by atoms with Gasteiger partial charge in [0.15, 0.2) is 0 Å². The summed E-state index contributed by atoms with van der Waals surface area (Å²) in [5, 5.41) is 12.1. The SMILES string of the molecule is CNc1ccc(Cl)c(C(=O)N(C)c2cccc(C#N)c2)n1. The quantitative estimate of drug-likeness (QED) is 0.946.